The summed E-state index contributed by atoms with van der Waals surface area (Å²) in [4.78, 5) is 2.16. The van der Waals surface area contributed by atoms with Gasteiger partial charge in [0.1, 0.15) is 0 Å². The Hall–Kier alpha value is -0.850. The van der Waals surface area contributed by atoms with Gasteiger partial charge in [0.05, 0.1) is 18.2 Å². The summed E-state index contributed by atoms with van der Waals surface area (Å²) < 4.78 is 11.4. The van der Waals surface area contributed by atoms with Gasteiger partial charge in [-0.3, -0.25) is 4.90 Å². The average molecular weight is 257 g/mol. The summed E-state index contributed by atoms with van der Waals surface area (Å²) in [6, 6.07) is 0.313. The number of oxime groups is 1. The van der Waals surface area contributed by atoms with Gasteiger partial charge in [-0.05, 0) is 26.8 Å². The molecule has 0 aromatic heterocycles. The molecular formula is C12H23N3O3. The number of amidine groups is 1. The van der Waals surface area contributed by atoms with Crippen LogP contribution in [0, 0.1) is 0 Å². The molecule has 0 amide bonds. The van der Waals surface area contributed by atoms with Crippen LogP contribution in [0.3, 0.4) is 0 Å². The maximum Gasteiger partial charge on any atom is 0.156 e. The van der Waals surface area contributed by atoms with Crippen LogP contribution >= 0.6 is 0 Å². The number of likely N-dealkylation sites (N-methyl/N-ethyl adjacent to an activating group) is 1. The normalized spacial score (nSPS) is 35.3. The van der Waals surface area contributed by atoms with Crippen molar-refractivity contribution in [2.24, 2.45) is 10.9 Å². The predicted molar refractivity (Wildman–Crippen MR) is 67.8 cm³/mol. The van der Waals surface area contributed by atoms with Crippen LogP contribution in [0.2, 0.25) is 0 Å². The molecule has 0 aromatic carbocycles. The quantitative estimate of drug-likeness (QED) is 0.331. The third-order valence-corrected chi connectivity index (χ3v) is 4.26. The van der Waals surface area contributed by atoms with Crippen LogP contribution in [-0.2, 0) is 9.47 Å². The van der Waals surface area contributed by atoms with Crippen molar-refractivity contribution in [1.82, 2.24) is 4.90 Å². The molecule has 2 fully saturated rings. The first-order chi connectivity index (χ1) is 8.58. The summed E-state index contributed by atoms with van der Waals surface area (Å²) >= 11 is 0. The number of hydrogen-bond donors (Lipinski definition) is 2. The van der Waals surface area contributed by atoms with Crippen molar-refractivity contribution in [2.45, 2.75) is 43.9 Å². The molecule has 0 aromatic rings. The van der Waals surface area contributed by atoms with E-state index in [-0.39, 0.29) is 17.5 Å². The minimum atomic E-state index is -0.109. The molecule has 18 heavy (non-hydrogen) atoms. The Morgan fingerprint density at radius 3 is 2.94 bits per heavy atom. The van der Waals surface area contributed by atoms with Gasteiger partial charge in [0.15, 0.2) is 5.84 Å². The van der Waals surface area contributed by atoms with Crippen molar-refractivity contribution in [2.75, 3.05) is 26.9 Å². The van der Waals surface area contributed by atoms with Gasteiger partial charge in [0.25, 0.3) is 0 Å². The van der Waals surface area contributed by atoms with Gasteiger partial charge in [-0.15, -0.1) is 0 Å². The fourth-order valence-corrected chi connectivity index (χ4v) is 2.82. The minimum absolute atomic E-state index is 0.0718. The zero-order chi connectivity index (χ0) is 13.2. The lowest BCUT2D eigenvalue weighted by Gasteiger charge is -2.42. The second-order valence-corrected chi connectivity index (χ2v) is 5.35. The summed E-state index contributed by atoms with van der Waals surface area (Å²) in [5.41, 5.74) is 5.56. The zero-order valence-electron chi connectivity index (χ0n) is 11.1. The van der Waals surface area contributed by atoms with E-state index in [9.17, 15) is 0 Å². The molecule has 2 aliphatic heterocycles. The van der Waals surface area contributed by atoms with Crippen LogP contribution in [0.1, 0.15) is 26.2 Å². The number of ether oxygens (including phenoxy) is 2. The molecule has 3 unspecified atom stereocenters. The van der Waals surface area contributed by atoms with E-state index in [1.54, 1.807) is 0 Å². The van der Waals surface area contributed by atoms with E-state index in [4.69, 9.17) is 20.4 Å². The van der Waals surface area contributed by atoms with E-state index in [1.807, 2.05) is 14.0 Å². The molecule has 3 N–H and O–H groups in total. The van der Waals surface area contributed by atoms with E-state index in [1.165, 1.54) is 0 Å². The Balaban J connectivity index is 2.00. The van der Waals surface area contributed by atoms with Crippen molar-refractivity contribution < 1.29 is 14.7 Å². The smallest absolute Gasteiger partial charge is 0.156 e. The third kappa shape index (κ3) is 2.60. The molecular weight excluding hydrogens is 234 g/mol. The SMILES string of the molecule is CC(C(N)=NO)N(C)C1CCOC2(CCOC2)C1. The van der Waals surface area contributed by atoms with Gasteiger partial charge < -0.3 is 20.4 Å². The summed E-state index contributed by atoms with van der Waals surface area (Å²) in [6.45, 7) is 4.17. The van der Waals surface area contributed by atoms with Crippen molar-refractivity contribution in [3.63, 3.8) is 0 Å². The predicted octanol–water partition coefficient (Wildman–Crippen LogP) is 0.391. The van der Waals surface area contributed by atoms with E-state index < -0.39 is 0 Å². The lowest BCUT2D eigenvalue weighted by atomic mass is 9.88. The molecule has 1 spiro atoms. The van der Waals surface area contributed by atoms with Crippen molar-refractivity contribution >= 4 is 5.84 Å². The highest BCUT2D eigenvalue weighted by Gasteiger charge is 2.42. The summed E-state index contributed by atoms with van der Waals surface area (Å²) in [5, 5.41) is 11.8. The maximum absolute atomic E-state index is 8.75. The highest BCUT2D eigenvalue weighted by molar-refractivity contribution is 5.84. The fraction of sp³-hybridized carbons (Fsp3) is 0.917. The van der Waals surface area contributed by atoms with E-state index in [2.05, 4.69) is 10.1 Å². The Morgan fingerprint density at radius 2 is 2.33 bits per heavy atom. The van der Waals surface area contributed by atoms with Crippen LogP contribution < -0.4 is 5.73 Å². The first kappa shape index (κ1) is 13.6. The van der Waals surface area contributed by atoms with Crippen LogP contribution in [-0.4, -0.2) is 60.5 Å². The molecule has 0 radical (unpaired) electrons. The summed E-state index contributed by atoms with van der Waals surface area (Å²) in [6.07, 6.45) is 2.89. The minimum Gasteiger partial charge on any atom is -0.409 e. The lowest BCUT2D eigenvalue weighted by molar-refractivity contribution is -0.105. The van der Waals surface area contributed by atoms with Gasteiger partial charge in [0, 0.05) is 25.7 Å². The van der Waals surface area contributed by atoms with Crippen molar-refractivity contribution in [3.05, 3.63) is 0 Å². The monoisotopic (exact) mass is 257 g/mol. The van der Waals surface area contributed by atoms with E-state index in [0.717, 1.165) is 32.5 Å². The number of hydrogen-bond acceptors (Lipinski definition) is 5. The second kappa shape index (κ2) is 5.42. The van der Waals surface area contributed by atoms with Gasteiger partial charge in [0.2, 0.25) is 0 Å². The largest absolute Gasteiger partial charge is 0.409 e. The van der Waals surface area contributed by atoms with Gasteiger partial charge in [-0.1, -0.05) is 5.16 Å². The highest BCUT2D eigenvalue weighted by atomic mass is 16.6. The fourth-order valence-electron chi connectivity index (χ4n) is 2.82. The molecule has 104 valence electrons. The number of nitrogens with zero attached hydrogens (tertiary/aromatic N) is 2. The molecule has 0 aliphatic carbocycles. The van der Waals surface area contributed by atoms with Gasteiger partial charge in [-0.25, -0.2) is 0 Å². The van der Waals surface area contributed by atoms with Gasteiger partial charge in [-0.2, -0.15) is 0 Å². The highest BCUT2D eigenvalue weighted by Crippen LogP contribution is 2.34. The van der Waals surface area contributed by atoms with Crippen molar-refractivity contribution in [1.29, 1.82) is 0 Å². The molecule has 6 nitrogen and oxygen atoms in total. The lowest BCUT2D eigenvalue weighted by Crippen LogP contribution is -2.53. The maximum atomic E-state index is 8.75. The first-order valence-corrected chi connectivity index (χ1v) is 6.49. The Labute approximate surface area is 108 Å². The third-order valence-electron chi connectivity index (χ3n) is 4.26. The van der Waals surface area contributed by atoms with Crippen LogP contribution in [0.5, 0.6) is 0 Å². The molecule has 6 heteroatoms. The molecule has 2 heterocycles. The van der Waals surface area contributed by atoms with Crippen LogP contribution in [0.4, 0.5) is 0 Å². The van der Waals surface area contributed by atoms with Gasteiger partial charge >= 0.3 is 0 Å². The molecule has 2 aliphatic rings. The summed E-state index contributed by atoms with van der Waals surface area (Å²) in [7, 11) is 2.02. The molecule has 0 bridgehead atoms. The van der Waals surface area contributed by atoms with E-state index >= 15 is 0 Å². The number of rotatable bonds is 3. The number of nitrogens with two attached hydrogens (primary N) is 1. The topological polar surface area (TPSA) is 80.3 Å². The first-order valence-electron chi connectivity index (χ1n) is 6.49. The van der Waals surface area contributed by atoms with Crippen LogP contribution in [0.25, 0.3) is 0 Å². The molecule has 0 saturated carbocycles. The summed E-state index contributed by atoms with van der Waals surface area (Å²) in [5.74, 6) is 0.251. The van der Waals surface area contributed by atoms with Crippen LogP contribution in [0.15, 0.2) is 5.16 Å². The Bertz CT molecular complexity index is 316. The zero-order valence-corrected chi connectivity index (χ0v) is 11.1. The molecule has 2 rings (SSSR count). The Morgan fingerprint density at radius 1 is 1.56 bits per heavy atom. The Kier molecular flexibility index (Phi) is 4.09. The average Bonchev–Trinajstić information content (AvgIpc) is 2.84. The molecule has 2 saturated heterocycles. The van der Waals surface area contributed by atoms with Crippen molar-refractivity contribution in [3.8, 4) is 0 Å². The second-order valence-electron chi connectivity index (χ2n) is 5.35. The van der Waals surface area contributed by atoms with E-state index in [0.29, 0.717) is 12.6 Å². The molecule has 3 atom stereocenters. The standard InChI is InChI=1S/C12H23N3O3/c1-9(11(13)14-16)15(2)10-3-5-18-12(7-10)4-6-17-8-12/h9-10,16H,3-8H2,1-2H3,(H2,13,14).